The first-order chi connectivity index (χ1) is 14.7. The van der Waals surface area contributed by atoms with Crippen molar-refractivity contribution in [2.45, 2.75) is 85.7 Å². The van der Waals surface area contributed by atoms with Crippen LogP contribution in [0.25, 0.3) is 0 Å². The summed E-state index contributed by atoms with van der Waals surface area (Å²) >= 11 is 0. The first-order valence-electron chi connectivity index (χ1n) is 12.2. The highest BCUT2D eigenvalue weighted by molar-refractivity contribution is 4.59. The number of rotatable bonds is 22. The molecule has 31 heavy (non-hydrogen) atoms. The van der Waals surface area contributed by atoms with Crippen molar-refractivity contribution in [1.82, 2.24) is 0 Å². The van der Waals surface area contributed by atoms with E-state index in [2.05, 4.69) is 20.8 Å². The van der Waals surface area contributed by atoms with Crippen LogP contribution in [-0.4, -0.2) is 78.3 Å². The minimum atomic E-state index is -0.0971. The molecule has 0 radical (unpaired) electrons. The molecular weight excluding hydrogens is 396 g/mol. The van der Waals surface area contributed by atoms with Gasteiger partial charge in [-0.15, -0.1) is 0 Å². The molecule has 0 saturated carbocycles. The average Bonchev–Trinajstić information content (AvgIpc) is 2.67. The van der Waals surface area contributed by atoms with Crippen LogP contribution in [0.2, 0.25) is 0 Å². The van der Waals surface area contributed by atoms with E-state index in [9.17, 15) is 0 Å². The lowest BCUT2D eigenvalue weighted by molar-refractivity contribution is -0.0425. The van der Waals surface area contributed by atoms with Crippen molar-refractivity contribution >= 4 is 0 Å². The van der Waals surface area contributed by atoms with Crippen LogP contribution in [0, 0.1) is 5.41 Å². The lowest BCUT2D eigenvalue weighted by Crippen LogP contribution is -2.22. The van der Waals surface area contributed by atoms with Gasteiger partial charge in [0.1, 0.15) is 0 Å². The summed E-state index contributed by atoms with van der Waals surface area (Å²) in [6.45, 7) is 20.7. The maximum Gasteiger partial charge on any atom is 0.0707 e. The molecule has 0 aliphatic heterocycles. The van der Waals surface area contributed by atoms with E-state index < -0.39 is 0 Å². The second kappa shape index (κ2) is 20.4. The van der Waals surface area contributed by atoms with Gasteiger partial charge >= 0.3 is 0 Å². The Morgan fingerprint density at radius 1 is 0.387 bits per heavy atom. The van der Waals surface area contributed by atoms with E-state index in [0.717, 1.165) is 71.6 Å². The van der Waals surface area contributed by atoms with E-state index >= 15 is 0 Å². The van der Waals surface area contributed by atoms with Gasteiger partial charge in [-0.1, -0.05) is 20.8 Å². The Bertz CT molecular complexity index is 328. The monoisotopic (exact) mass is 448 g/mol. The van der Waals surface area contributed by atoms with Gasteiger partial charge < -0.3 is 28.4 Å². The zero-order valence-electron chi connectivity index (χ0n) is 21.5. The van der Waals surface area contributed by atoms with Crippen LogP contribution in [0.3, 0.4) is 0 Å². The van der Waals surface area contributed by atoms with Gasteiger partial charge in [0.25, 0.3) is 0 Å². The Balaban J connectivity index is 3.07. The molecule has 0 saturated heterocycles. The molecule has 0 aromatic carbocycles. The van der Waals surface area contributed by atoms with Crippen molar-refractivity contribution in [3.8, 4) is 0 Å². The predicted octanol–water partition coefficient (Wildman–Crippen LogP) is 5.27. The molecule has 0 aromatic heterocycles. The fraction of sp³-hybridized carbons (Fsp3) is 1.00. The fourth-order valence-corrected chi connectivity index (χ4v) is 2.60. The molecule has 0 aliphatic carbocycles. The highest BCUT2D eigenvalue weighted by atomic mass is 16.5. The highest BCUT2D eigenvalue weighted by Crippen LogP contribution is 2.12. The van der Waals surface area contributed by atoms with Crippen molar-refractivity contribution < 1.29 is 28.4 Å². The van der Waals surface area contributed by atoms with Crippen LogP contribution < -0.4 is 0 Å². The molecule has 0 rings (SSSR count). The van der Waals surface area contributed by atoms with Gasteiger partial charge in [0, 0.05) is 26.4 Å². The van der Waals surface area contributed by atoms with Crippen molar-refractivity contribution in [2.75, 3.05) is 72.7 Å². The van der Waals surface area contributed by atoms with Crippen LogP contribution >= 0.6 is 0 Å². The third-order valence-corrected chi connectivity index (χ3v) is 4.20. The third kappa shape index (κ3) is 29.8. The van der Waals surface area contributed by atoms with Crippen molar-refractivity contribution in [3.63, 3.8) is 0 Å². The first-order valence-corrected chi connectivity index (χ1v) is 12.2. The van der Waals surface area contributed by atoms with Gasteiger partial charge in [0.05, 0.1) is 51.8 Å². The molecule has 0 amide bonds. The summed E-state index contributed by atoms with van der Waals surface area (Å²) in [4.78, 5) is 0. The number of unbranched alkanes of at least 4 members (excludes halogenated alkanes) is 4. The second-order valence-corrected chi connectivity index (χ2v) is 10.1. The molecule has 0 atom stereocenters. The molecule has 0 unspecified atom stereocenters. The van der Waals surface area contributed by atoms with Crippen molar-refractivity contribution in [1.29, 1.82) is 0 Å². The highest BCUT2D eigenvalue weighted by Gasteiger charge is 2.09. The second-order valence-electron chi connectivity index (χ2n) is 10.1. The molecule has 0 spiro atoms. The van der Waals surface area contributed by atoms with Crippen LogP contribution in [-0.2, 0) is 28.4 Å². The van der Waals surface area contributed by atoms with E-state index in [1.807, 2.05) is 20.8 Å². The van der Waals surface area contributed by atoms with E-state index in [1.165, 1.54) is 0 Å². The number of ether oxygens (including phenoxy) is 6. The normalized spacial score (nSPS) is 12.6. The minimum absolute atomic E-state index is 0.0971. The lowest BCUT2D eigenvalue weighted by atomic mass is 9.99. The minimum Gasteiger partial charge on any atom is -0.381 e. The van der Waals surface area contributed by atoms with Gasteiger partial charge in [-0.2, -0.15) is 0 Å². The van der Waals surface area contributed by atoms with Gasteiger partial charge in [-0.3, -0.25) is 0 Å². The Labute approximate surface area is 192 Å². The Hall–Kier alpha value is -0.240. The summed E-state index contributed by atoms with van der Waals surface area (Å²) in [5.41, 5.74) is 0.130. The molecule has 6 heteroatoms. The molecule has 0 bridgehead atoms. The summed E-state index contributed by atoms with van der Waals surface area (Å²) in [5, 5.41) is 0. The fourth-order valence-electron chi connectivity index (χ4n) is 2.60. The van der Waals surface area contributed by atoms with Gasteiger partial charge in [0.15, 0.2) is 0 Å². The summed E-state index contributed by atoms with van der Waals surface area (Å²) in [6.07, 6.45) is 6.67. The zero-order valence-corrected chi connectivity index (χ0v) is 21.5. The van der Waals surface area contributed by atoms with Crippen LogP contribution in [0.5, 0.6) is 0 Å². The first kappa shape index (κ1) is 30.8. The maximum atomic E-state index is 5.70. The molecule has 0 N–H and O–H groups in total. The van der Waals surface area contributed by atoms with Crippen LogP contribution in [0.1, 0.15) is 80.1 Å². The van der Waals surface area contributed by atoms with E-state index in [0.29, 0.717) is 39.6 Å². The zero-order chi connectivity index (χ0) is 23.3. The molecule has 0 fully saturated rings. The summed E-state index contributed by atoms with van der Waals surface area (Å²) in [7, 11) is 0. The third-order valence-electron chi connectivity index (χ3n) is 4.20. The molecule has 6 nitrogen and oxygen atoms in total. The average molecular weight is 449 g/mol. The molecule has 0 heterocycles. The van der Waals surface area contributed by atoms with Gasteiger partial charge in [-0.05, 0) is 64.7 Å². The van der Waals surface area contributed by atoms with Crippen LogP contribution in [0.15, 0.2) is 0 Å². The smallest absolute Gasteiger partial charge is 0.0707 e. The summed E-state index contributed by atoms with van der Waals surface area (Å²) < 4.78 is 33.5. The molecule has 0 aromatic rings. The van der Waals surface area contributed by atoms with Crippen LogP contribution in [0.4, 0.5) is 0 Å². The largest absolute Gasteiger partial charge is 0.381 e. The van der Waals surface area contributed by atoms with Gasteiger partial charge in [0.2, 0.25) is 0 Å². The molecule has 188 valence electrons. The predicted molar refractivity (Wildman–Crippen MR) is 127 cm³/mol. The molecule has 0 aliphatic rings. The number of hydrogen-bond donors (Lipinski definition) is 0. The molecular formula is C25H52O6. The van der Waals surface area contributed by atoms with Crippen molar-refractivity contribution in [2.24, 2.45) is 5.41 Å². The SMILES string of the molecule is CC(C)(C)COCCOCCCCCOCCCCCOCCOCCOC(C)(C)C. The lowest BCUT2D eigenvalue weighted by Gasteiger charge is -2.19. The summed E-state index contributed by atoms with van der Waals surface area (Å²) in [6, 6.07) is 0. The Morgan fingerprint density at radius 2 is 0.742 bits per heavy atom. The quantitative estimate of drug-likeness (QED) is 0.210. The van der Waals surface area contributed by atoms with E-state index in [1.54, 1.807) is 0 Å². The van der Waals surface area contributed by atoms with Gasteiger partial charge in [-0.25, -0.2) is 0 Å². The maximum absolute atomic E-state index is 5.70. The number of hydrogen-bond acceptors (Lipinski definition) is 6. The van der Waals surface area contributed by atoms with E-state index in [-0.39, 0.29) is 11.0 Å². The Kier molecular flexibility index (Phi) is 20.2. The Morgan fingerprint density at radius 3 is 1.16 bits per heavy atom. The standard InChI is InChI=1S/C25H52O6/c1-24(2,3)23-30-20-19-28-16-12-8-10-14-26-13-9-7-11-15-27-17-18-29-21-22-31-25(4,5)6/h7-23H2,1-6H3. The topological polar surface area (TPSA) is 55.4 Å². The summed E-state index contributed by atoms with van der Waals surface area (Å²) in [5.74, 6) is 0. The van der Waals surface area contributed by atoms with Crippen molar-refractivity contribution in [3.05, 3.63) is 0 Å². The van der Waals surface area contributed by atoms with E-state index in [4.69, 9.17) is 28.4 Å².